The summed E-state index contributed by atoms with van der Waals surface area (Å²) in [5.41, 5.74) is 6.80. The van der Waals surface area contributed by atoms with Crippen LogP contribution in [0.15, 0.2) is 78.9 Å². The molecule has 4 aromatic rings. The van der Waals surface area contributed by atoms with Crippen LogP contribution in [-0.2, 0) is 6.54 Å². The summed E-state index contributed by atoms with van der Waals surface area (Å²) in [6.45, 7) is 2.74. The molecule has 34 heavy (non-hydrogen) atoms. The standard InChI is InChI=1S/C28H27ClN4O/c29-24-12-4-20(5-13-24)19-30-28(34)23-8-6-21(7-9-23)26-18-27(32-31-26)22-10-14-25(15-11-22)33-16-2-1-3-17-33/h4-15,18H,1-3,16-17,19H2,(H,30,34)(H,31,32). The topological polar surface area (TPSA) is 61.0 Å². The number of rotatable bonds is 6. The summed E-state index contributed by atoms with van der Waals surface area (Å²) in [5.74, 6) is -0.111. The number of amides is 1. The van der Waals surface area contributed by atoms with Crippen molar-refractivity contribution >= 4 is 23.2 Å². The quantitative estimate of drug-likeness (QED) is 0.346. The molecule has 5 nitrogen and oxygen atoms in total. The molecule has 2 heterocycles. The molecule has 0 unspecified atom stereocenters. The number of carbonyl (C=O) groups excluding carboxylic acids is 1. The summed E-state index contributed by atoms with van der Waals surface area (Å²) in [4.78, 5) is 15.0. The lowest BCUT2D eigenvalue weighted by atomic mass is 10.1. The van der Waals surface area contributed by atoms with Gasteiger partial charge in [0.05, 0.1) is 11.4 Å². The molecular formula is C28H27ClN4O. The molecule has 172 valence electrons. The predicted octanol–water partition coefficient (Wildman–Crippen LogP) is 6.32. The Morgan fingerprint density at radius 2 is 1.56 bits per heavy atom. The van der Waals surface area contributed by atoms with Gasteiger partial charge in [-0.3, -0.25) is 9.89 Å². The zero-order valence-corrected chi connectivity index (χ0v) is 19.7. The SMILES string of the molecule is O=C(NCc1ccc(Cl)cc1)c1ccc(-c2cc(-c3ccc(N4CCCCC4)cc3)n[nH]2)cc1. The number of halogens is 1. The van der Waals surface area contributed by atoms with Crippen LogP contribution in [0.2, 0.25) is 5.02 Å². The molecule has 0 spiro atoms. The van der Waals surface area contributed by atoms with E-state index in [1.165, 1.54) is 24.9 Å². The zero-order valence-electron chi connectivity index (χ0n) is 18.9. The average Bonchev–Trinajstić information content (AvgIpc) is 3.39. The Morgan fingerprint density at radius 1 is 0.882 bits per heavy atom. The Kier molecular flexibility index (Phi) is 6.63. The molecule has 1 saturated heterocycles. The molecule has 1 aromatic heterocycles. The van der Waals surface area contributed by atoms with E-state index < -0.39 is 0 Å². The fourth-order valence-electron chi connectivity index (χ4n) is 4.30. The third-order valence-corrected chi connectivity index (χ3v) is 6.54. The van der Waals surface area contributed by atoms with E-state index in [1.807, 2.05) is 54.6 Å². The van der Waals surface area contributed by atoms with Crippen molar-refractivity contribution < 1.29 is 4.79 Å². The fourth-order valence-corrected chi connectivity index (χ4v) is 4.43. The number of aromatic nitrogens is 2. The third kappa shape index (κ3) is 5.15. The first-order valence-corrected chi connectivity index (χ1v) is 12.1. The molecule has 2 N–H and O–H groups in total. The molecular weight excluding hydrogens is 444 g/mol. The van der Waals surface area contributed by atoms with E-state index in [2.05, 4.69) is 44.7 Å². The summed E-state index contributed by atoms with van der Waals surface area (Å²) in [5, 5.41) is 11.3. The van der Waals surface area contributed by atoms with Crippen LogP contribution < -0.4 is 10.2 Å². The van der Waals surface area contributed by atoms with Gasteiger partial charge >= 0.3 is 0 Å². The van der Waals surface area contributed by atoms with E-state index in [4.69, 9.17) is 11.6 Å². The third-order valence-electron chi connectivity index (χ3n) is 6.29. The molecule has 1 amide bonds. The first-order valence-electron chi connectivity index (χ1n) is 11.7. The fraction of sp³-hybridized carbons (Fsp3) is 0.214. The van der Waals surface area contributed by atoms with Gasteiger partial charge in [-0.25, -0.2) is 0 Å². The number of benzene rings is 3. The van der Waals surface area contributed by atoms with Crippen LogP contribution in [0.3, 0.4) is 0 Å². The van der Waals surface area contributed by atoms with Crippen LogP contribution in [0.5, 0.6) is 0 Å². The largest absolute Gasteiger partial charge is 0.372 e. The lowest BCUT2D eigenvalue weighted by molar-refractivity contribution is 0.0951. The van der Waals surface area contributed by atoms with Crippen LogP contribution in [0.4, 0.5) is 5.69 Å². The van der Waals surface area contributed by atoms with Crippen molar-refractivity contribution in [3.05, 3.63) is 95.0 Å². The number of H-pyrrole nitrogens is 1. The molecule has 1 aliphatic rings. The van der Waals surface area contributed by atoms with Gasteiger partial charge in [0.2, 0.25) is 0 Å². The second-order valence-electron chi connectivity index (χ2n) is 8.65. The van der Waals surface area contributed by atoms with Gasteiger partial charge in [0.25, 0.3) is 5.91 Å². The van der Waals surface area contributed by atoms with Gasteiger partial charge in [-0.1, -0.05) is 48.0 Å². The van der Waals surface area contributed by atoms with E-state index in [-0.39, 0.29) is 5.91 Å². The number of carbonyl (C=O) groups is 1. The summed E-state index contributed by atoms with van der Waals surface area (Å²) >= 11 is 5.91. The Morgan fingerprint density at radius 3 is 2.26 bits per heavy atom. The molecule has 1 aliphatic heterocycles. The summed E-state index contributed by atoms with van der Waals surface area (Å²) in [6.07, 6.45) is 3.88. The van der Waals surface area contributed by atoms with Crippen molar-refractivity contribution in [3.8, 4) is 22.5 Å². The Labute approximate surface area is 204 Å². The van der Waals surface area contributed by atoms with Gasteiger partial charge in [0, 0.05) is 41.5 Å². The van der Waals surface area contributed by atoms with Crippen molar-refractivity contribution in [2.45, 2.75) is 25.8 Å². The zero-order chi connectivity index (χ0) is 23.3. The molecule has 0 radical (unpaired) electrons. The highest BCUT2D eigenvalue weighted by atomic mass is 35.5. The molecule has 1 fully saturated rings. The van der Waals surface area contributed by atoms with E-state index in [9.17, 15) is 4.79 Å². The minimum absolute atomic E-state index is 0.111. The molecule has 0 saturated carbocycles. The highest BCUT2D eigenvalue weighted by Crippen LogP contribution is 2.27. The monoisotopic (exact) mass is 470 g/mol. The van der Waals surface area contributed by atoms with Crippen LogP contribution in [0.1, 0.15) is 35.2 Å². The van der Waals surface area contributed by atoms with Gasteiger partial charge < -0.3 is 10.2 Å². The minimum atomic E-state index is -0.111. The van der Waals surface area contributed by atoms with Crippen LogP contribution in [0, 0.1) is 0 Å². The number of anilines is 1. The maximum absolute atomic E-state index is 12.5. The number of nitrogens with one attached hydrogen (secondary N) is 2. The minimum Gasteiger partial charge on any atom is -0.372 e. The highest BCUT2D eigenvalue weighted by Gasteiger charge is 2.12. The molecule has 0 bridgehead atoms. The van der Waals surface area contributed by atoms with Gasteiger partial charge in [0.1, 0.15) is 0 Å². The Hall–Kier alpha value is -3.57. The number of nitrogens with zero attached hydrogens (tertiary/aromatic N) is 2. The van der Waals surface area contributed by atoms with Crippen molar-refractivity contribution in [1.82, 2.24) is 15.5 Å². The van der Waals surface area contributed by atoms with Crippen molar-refractivity contribution in [3.63, 3.8) is 0 Å². The lowest BCUT2D eigenvalue weighted by Gasteiger charge is -2.28. The van der Waals surface area contributed by atoms with Gasteiger partial charge in [-0.2, -0.15) is 5.10 Å². The van der Waals surface area contributed by atoms with E-state index in [0.29, 0.717) is 17.1 Å². The maximum atomic E-state index is 12.5. The number of hydrogen-bond acceptors (Lipinski definition) is 3. The molecule has 6 heteroatoms. The van der Waals surface area contributed by atoms with E-state index >= 15 is 0 Å². The maximum Gasteiger partial charge on any atom is 0.251 e. The molecule has 0 atom stereocenters. The first-order chi connectivity index (χ1) is 16.7. The highest BCUT2D eigenvalue weighted by molar-refractivity contribution is 6.30. The smallest absolute Gasteiger partial charge is 0.251 e. The summed E-state index contributed by atoms with van der Waals surface area (Å²) in [6, 6.07) is 25.7. The van der Waals surface area contributed by atoms with Crippen LogP contribution >= 0.6 is 11.6 Å². The van der Waals surface area contributed by atoms with Crippen LogP contribution in [0.25, 0.3) is 22.5 Å². The van der Waals surface area contributed by atoms with Crippen molar-refractivity contribution in [2.24, 2.45) is 0 Å². The summed E-state index contributed by atoms with van der Waals surface area (Å²) < 4.78 is 0. The van der Waals surface area contributed by atoms with Crippen molar-refractivity contribution in [2.75, 3.05) is 18.0 Å². The number of aromatic amines is 1. The molecule has 0 aliphatic carbocycles. The van der Waals surface area contributed by atoms with Gasteiger partial charge in [-0.15, -0.1) is 0 Å². The van der Waals surface area contributed by atoms with Gasteiger partial charge in [-0.05, 0) is 72.9 Å². The number of hydrogen-bond donors (Lipinski definition) is 2. The molecule has 5 rings (SSSR count). The lowest BCUT2D eigenvalue weighted by Crippen LogP contribution is -2.29. The second kappa shape index (κ2) is 10.1. The predicted molar refractivity (Wildman–Crippen MR) is 138 cm³/mol. The number of piperidine rings is 1. The normalized spacial score (nSPS) is 13.6. The van der Waals surface area contributed by atoms with E-state index in [1.54, 1.807) is 0 Å². The Balaban J connectivity index is 1.22. The van der Waals surface area contributed by atoms with Gasteiger partial charge in [0.15, 0.2) is 0 Å². The van der Waals surface area contributed by atoms with Crippen molar-refractivity contribution in [1.29, 1.82) is 0 Å². The first kappa shape index (κ1) is 22.2. The van der Waals surface area contributed by atoms with E-state index in [0.717, 1.165) is 41.2 Å². The van der Waals surface area contributed by atoms with Crippen LogP contribution in [-0.4, -0.2) is 29.2 Å². The molecule has 3 aromatic carbocycles. The summed E-state index contributed by atoms with van der Waals surface area (Å²) in [7, 11) is 0. The second-order valence-corrected chi connectivity index (χ2v) is 9.08. The Bertz CT molecular complexity index is 1240. The average molecular weight is 471 g/mol.